The molecule has 0 atom stereocenters. The molecule has 0 amide bonds. The lowest BCUT2D eigenvalue weighted by Gasteiger charge is -2.03. The van der Waals surface area contributed by atoms with Gasteiger partial charge < -0.3 is 0 Å². The van der Waals surface area contributed by atoms with Gasteiger partial charge in [-0.15, -0.1) is 0 Å². The van der Waals surface area contributed by atoms with Crippen LogP contribution in [0, 0.1) is 23.7 Å². The highest BCUT2D eigenvalue weighted by molar-refractivity contribution is 5.64. The van der Waals surface area contributed by atoms with E-state index in [0.29, 0.717) is 23.7 Å². The average Bonchev–Trinajstić information content (AvgIpc) is 4.06. The van der Waals surface area contributed by atoms with E-state index in [4.69, 9.17) is 0 Å². The fourth-order valence-electron chi connectivity index (χ4n) is 6.23. The van der Waals surface area contributed by atoms with E-state index in [1.54, 1.807) is 0 Å². The van der Waals surface area contributed by atoms with E-state index >= 15 is 0 Å². The fraction of sp³-hybridized carbons (Fsp3) is 0.462. The van der Waals surface area contributed by atoms with Crippen LogP contribution in [0.3, 0.4) is 0 Å². The lowest BCUT2D eigenvalue weighted by Crippen LogP contribution is -1.94. The summed E-state index contributed by atoms with van der Waals surface area (Å²) in [6.45, 7) is 33.9. The van der Waals surface area contributed by atoms with E-state index in [0.717, 1.165) is 25.7 Å². The Hall–Kier alpha value is -4.44. The molecule has 4 heterocycles. The molecule has 4 aliphatic rings. The third-order valence-electron chi connectivity index (χ3n) is 9.61. The third-order valence-corrected chi connectivity index (χ3v) is 9.61. The molecule has 0 fully saturated rings. The first-order valence-corrected chi connectivity index (χ1v) is 21.6. The number of rotatable bonds is 4. The minimum atomic E-state index is 0.652. The Morgan fingerprint density at radius 2 is 0.857 bits per heavy atom. The number of fused-ring (bicyclic) bond motifs is 4. The van der Waals surface area contributed by atoms with Crippen molar-refractivity contribution in [2.45, 2.75) is 136 Å². The topological polar surface area (TPSA) is 51.6 Å². The number of hydrogen-bond donors (Lipinski definition) is 0. The van der Waals surface area contributed by atoms with Crippen LogP contribution < -0.4 is 0 Å². The first-order chi connectivity index (χ1) is 27.1. The van der Waals surface area contributed by atoms with Crippen LogP contribution in [0.4, 0.5) is 0 Å². The fourth-order valence-corrected chi connectivity index (χ4v) is 6.23. The normalized spacial score (nSPS) is 13.1. The number of allylic oxidation sites excluding steroid dienone is 4. The molecule has 0 radical (unpaired) electrons. The Morgan fingerprint density at radius 1 is 0.393 bits per heavy atom. The molecular formula is C52H76N4. The van der Waals surface area contributed by atoms with E-state index in [2.05, 4.69) is 124 Å². The van der Waals surface area contributed by atoms with Crippen molar-refractivity contribution in [1.29, 1.82) is 0 Å². The number of nitrogens with zero attached hydrogens (tertiary/aromatic N) is 4. The first kappa shape index (κ1) is 49.6. The van der Waals surface area contributed by atoms with Crippen LogP contribution in [0.2, 0.25) is 0 Å². The Kier molecular flexibility index (Phi) is 24.1. The van der Waals surface area contributed by atoms with Gasteiger partial charge in [-0.3, -0.25) is 19.9 Å². The predicted octanol–water partition coefficient (Wildman–Crippen LogP) is 14.8. The maximum absolute atomic E-state index is 4.34. The van der Waals surface area contributed by atoms with Crippen molar-refractivity contribution in [1.82, 2.24) is 19.9 Å². The lowest BCUT2D eigenvalue weighted by atomic mass is 10.0. The maximum Gasteiger partial charge on any atom is 0.0664 e. The van der Waals surface area contributed by atoms with Crippen molar-refractivity contribution >= 4 is 24.3 Å². The van der Waals surface area contributed by atoms with Crippen molar-refractivity contribution in [2.75, 3.05) is 0 Å². The zero-order chi connectivity index (χ0) is 42.2. The molecule has 4 heteroatoms. The molecule has 8 rings (SSSR count). The molecule has 304 valence electrons. The zero-order valence-corrected chi connectivity index (χ0v) is 38.2. The van der Waals surface area contributed by atoms with Gasteiger partial charge in [-0.1, -0.05) is 163 Å². The van der Waals surface area contributed by atoms with Crippen LogP contribution in [0.15, 0.2) is 95.9 Å². The second kappa shape index (κ2) is 27.2. The summed E-state index contributed by atoms with van der Waals surface area (Å²) in [6, 6.07) is 12.5. The molecule has 0 N–H and O–H groups in total. The smallest absolute Gasteiger partial charge is 0.0664 e. The second-order valence-corrected chi connectivity index (χ2v) is 14.4. The highest BCUT2D eigenvalue weighted by Crippen LogP contribution is 2.30. The summed E-state index contributed by atoms with van der Waals surface area (Å²) in [4.78, 5) is 16.9. The number of hydrogen-bond acceptors (Lipinski definition) is 4. The van der Waals surface area contributed by atoms with Gasteiger partial charge in [0.25, 0.3) is 0 Å². The van der Waals surface area contributed by atoms with Gasteiger partial charge in [0.05, 0.1) is 11.4 Å². The Bertz CT molecular complexity index is 1570. The Balaban J connectivity index is 0.000000352. The van der Waals surface area contributed by atoms with Gasteiger partial charge in [0, 0.05) is 43.6 Å². The molecule has 56 heavy (non-hydrogen) atoms. The molecule has 0 aromatic carbocycles. The molecule has 4 nitrogen and oxygen atoms in total. The number of aromatic nitrogens is 4. The van der Waals surface area contributed by atoms with Crippen LogP contribution in [-0.4, -0.2) is 19.9 Å². The molecular weight excluding hydrogens is 681 g/mol. The quantitative estimate of drug-likeness (QED) is 0.208. The summed E-state index contributed by atoms with van der Waals surface area (Å²) in [6.07, 6.45) is 24.8. The van der Waals surface area contributed by atoms with Crippen molar-refractivity contribution in [2.24, 2.45) is 23.7 Å². The minimum absolute atomic E-state index is 0.652. The van der Waals surface area contributed by atoms with Gasteiger partial charge in [-0.25, -0.2) is 0 Å². The molecule has 0 unspecified atom stereocenters. The molecule has 0 bridgehead atoms. The van der Waals surface area contributed by atoms with Crippen LogP contribution in [-0.2, 0) is 25.7 Å². The predicted molar refractivity (Wildman–Crippen MR) is 248 cm³/mol. The molecule has 4 aromatic rings. The summed E-state index contributed by atoms with van der Waals surface area (Å²) < 4.78 is 0. The van der Waals surface area contributed by atoms with Gasteiger partial charge in [0.15, 0.2) is 0 Å². The Morgan fingerprint density at radius 3 is 1.41 bits per heavy atom. The molecule has 0 aliphatic heterocycles. The van der Waals surface area contributed by atoms with Crippen LogP contribution in [0.5, 0.6) is 0 Å². The summed E-state index contributed by atoms with van der Waals surface area (Å²) in [7, 11) is 0. The van der Waals surface area contributed by atoms with Gasteiger partial charge in [-0.2, -0.15) is 0 Å². The standard InChI is InChI=1S/4C11H13N.4C2H6/c2*1-8(2)10-5-9-3-4-12-7-11(9)6-10;2*1-8(2)10-6-9-4-3-5-12-11(9)7-10;4*1-2/h3-4,6-8H,5H2,1-2H3;2*3-5,7-8H,6H2,1-2H3;3-6,8H,7H2,1-2H3;4*1-2H3. The molecule has 4 aliphatic carbocycles. The van der Waals surface area contributed by atoms with E-state index in [1.807, 2.05) is 105 Å². The SMILES string of the molecule is CC.CC.CC.CC.CC(C)C1=Cc2cccnc2C1.CC(C)C1=Cc2ccncc2C1.CC(C)C1=Cc2cnccc2C1.CC(C)C1=Cc2ncccc2C1. The summed E-state index contributed by atoms with van der Waals surface area (Å²) in [5, 5.41) is 0. The highest BCUT2D eigenvalue weighted by atomic mass is 14.7. The van der Waals surface area contributed by atoms with E-state index in [1.165, 1.54) is 67.1 Å². The summed E-state index contributed by atoms with van der Waals surface area (Å²) in [5.74, 6) is 2.63. The monoisotopic (exact) mass is 757 g/mol. The Labute approximate surface area is 343 Å². The first-order valence-electron chi connectivity index (χ1n) is 21.6. The highest BCUT2D eigenvalue weighted by Gasteiger charge is 2.17. The average molecular weight is 757 g/mol. The molecule has 0 saturated carbocycles. The van der Waals surface area contributed by atoms with Crippen molar-refractivity contribution in [3.63, 3.8) is 0 Å². The van der Waals surface area contributed by atoms with Crippen molar-refractivity contribution in [3.8, 4) is 0 Å². The maximum atomic E-state index is 4.34. The number of pyridine rings is 4. The summed E-state index contributed by atoms with van der Waals surface area (Å²) in [5.41, 5.74) is 16.6. The van der Waals surface area contributed by atoms with E-state index in [-0.39, 0.29) is 0 Å². The summed E-state index contributed by atoms with van der Waals surface area (Å²) >= 11 is 0. The molecule has 0 spiro atoms. The van der Waals surface area contributed by atoms with Gasteiger partial charge in [0.1, 0.15) is 0 Å². The van der Waals surface area contributed by atoms with E-state index < -0.39 is 0 Å². The van der Waals surface area contributed by atoms with Gasteiger partial charge in [0.2, 0.25) is 0 Å². The minimum Gasteiger partial charge on any atom is -0.264 e. The van der Waals surface area contributed by atoms with Crippen molar-refractivity contribution in [3.05, 3.63) is 141 Å². The van der Waals surface area contributed by atoms with Crippen LogP contribution in [0.25, 0.3) is 24.3 Å². The van der Waals surface area contributed by atoms with Crippen LogP contribution in [0.1, 0.15) is 156 Å². The molecule has 4 aromatic heterocycles. The molecule has 0 saturated heterocycles. The second-order valence-electron chi connectivity index (χ2n) is 14.4. The van der Waals surface area contributed by atoms with Gasteiger partial charge in [-0.05, 0) is 107 Å². The van der Waals surface area contributed by atoms with Crippen LogP contribution >= 0.6 is 0 Å². The lowest BCUT2D eigenvalue weighted by molar-refractivity contribution is 0.750. The van der Waals surface area contributed by atoms with Crippen molar-refractivity contribution < 1.29 is 0 Å². The third kappa shape index (κ3) is 15.2. The van der Waals surface area contributed by atoms with Gasteiger partial charge >= 0.3 is 0 Å². The van der Waals surface area contributed by atoms with E-state index in [9.17, 15) is 0 Å². The largest absolute Gasteiger partial charge is 0.264 e. The zero-order valence-electron chi connectivity index (χ0n) is 38.2.